The predicted octanol–water partition coefficient (Wildman–Crippen LogP) is 4.17. The van der Waals surface area contributed by atoms with Crippen molar-refractivity contribution in [3.63, 3.8) is 0 Å². The smallest absolute Gasteiger partial charge is 0.311 e. The molecule has 4 nitrogen and oxygen atoms in total. The molecule has 4 heteroatoms. The molecule has 0 saturated carbocycles. The number of carbonyl (C=O) groups is 1. The molecule has 0 saturated heterocycles. The molecule has 0 aliphatic carbocycles. The van der Waals surface area contributed by atoms with Gasteiger partial charge in [-0.2, -0.15) is 0 Å². The number of rotatable bonds is 4. The van der Waals surface area contributed by atoms with Crippen molar-refractivity contribution in [1.29, 1.82) is 0 Å². The highest BCUT2D eigenvalue weighted by Gasteiger charge is 2.09. The molecule has 1 aromatic heterocycles. The Hall–Kier alpha value is -2.88. The summed E-state index contributed by atoms with van der Waals surface area (Å²) in [6, 6.07) is 15.7. The van der Waals surface area contributed by atoms with Gasteiger partial charge in [0, 0.05) is 24.1 Å². The molecule has 0 unspecified atom stereocenters. The standard InChI is InChI=1S/C19H16O4/c1-2-6-19(21)22-14-9-10-15-16(20)12-17(23-18(15)11-14)13-7-4-3-5-8-13/h3-5,7-12H,2,6H2,1H3. The number of hydrogen-bond donors (Lipinski definition) is 0. The van der Waals surface area contributed by atoms with Gasteiger partial charge in [-0.1, -0.05) is 37.3 Å². The molecule has 0 N–H and O–H groups in total. The minimum atomic E-state index is -0.298. The van der Waals surface area contributed by atoms with Gasteiger partial charge in [0.2, 0.25) is 0 Å². The van der Waals surface area contributed by atoms with E-state index in [1.165, 1.54) is 6.07 Å². The lowest BCUT2D eigenvalue weighted by molar-refractivity contribution is -0.134. The largest absolute Gasteiger partial charge is 0.456 e. The van der Waals surface area contributed by atoms with Crippen molar-refractivity contribution in [3.05, 3.63) is 64.8 Å². The molecule has 2 aromatic carbocycles. The second kappa shape index (κ2) is 6.48. The Kier molecular flexibility index (Phi) is 4.24. The fourth-order valence-corrected chi connectivity index (χ4v) is 2.33. The Labute approximate surface area is 133 Å². The summed E-state index contributed by atoms with van der Waals surface area (Å²) in [5.74, 6) is 0.567. The number of fused-ring (bicyclic) bond motifs is 1. The van der Waals surface area contributed by atoms with E-state index in [0.29, 0.717) is 28.9 Å². The summed E-state index contributed by atoms with van der Waals surface area (Å²) >= 11 is 0. The molecule has 0 fully saturated rings. The molecular weight excluding hydrogens is 292 g/mol. The third kappa shape index (κ3) is 3.31. The first-order valence-corrected chi connectivity index (χ1v) is 7.51. The van der Waals surface area contributed by atoms with Gasteiger partial charge in [-0.15, -0.1) is 0 Å². The van der Waals surface area contributed by atoms with Crippen LogP contribution in [0.3, 0.4) is 0 Å². The van der Waals surface area contributed by atoms with E-state index >= 15 is 0 Å². The first-order valence-electron chi connectivity index (χ1n) is 7.51. The third-order valence-electron chi connectivity index (χ3n) is 3.44. The zero-order chi connectivity index (χ0) is 16.2. The lowest BCUT2D eigenvalue weighted by atomic mass is 10.1. The summed E-state index contributed by atoms with van der Waals surface area (Å²) in [7, 11) is 0. The molecule has 0 aliphatic heterocycles. The summed E-state index contributed by atoms with van der Waals surface area (Å²) in [4.78, 5) is 23.8. The van der Waals surface area contributed by atoms with Gasteiger partial charge in [0.05, 0.1) is 5.39 Å². The molecule has 23 heavy (non-hydrogen) atoms. The molecular formula is C19H16O4. The number of benzene rings is 2. The molecule has 0 aliphatic rings. The van der Waals surface area contributed by atoms with E-state index in [4.69, 9.17) is 9.15 Å². The minimum absolute atomic E-state index is 0.128. The lowest BCUT2D eigenvalue weighted by Crippen LogP contribution is -2.07. The zero-order valence-electron chi connectivity index (χ0n) is 12.7. The fraction of sp³-hybridized carbons (Fsp3) is 0.158. The van der Waals surface area contributed by atoms with E-state index in [9.17, 15) is 9.59 Å². The van der Waals surface area contributed by atoms with Crippen LogP contribution in [0.2, 0.25) is 0 Å². The summed E-state index contributed by atoms with van der Waals surface area (Å²) in [6.45, 7) is 1.91. The maximum Gasteiger partial charge on any atom is 0.311 e. The average molecular weight is 308 g/mol. The van der Waals surface area contributed by atoms with Crippen LogP contribution in [0.15, 0.2) is 63.8 Å². The van der Waals surface area contributed by atoms with Crippen molar-refractivity contribution in [2.75, 3.05) is 0 Å². The number of hydrogen-bond acceptors (Lipinski definition) is 4. The van der Waals surface area contributed by atoms with Gasteiger partial charge in [-0.05, 0) is 18.6 Å². The summed E-state index contributed by atoms with van der Waals surface area (Å²) < 4.78 is 11.1. The van der Waals surface area contributed by atoms with Crippen LogP contribution in [0, 0.1) is 0 Å². The predicted molar refractivity (Wildman–Crippen MR) is 88.5 cm³/mol. The summed E-state index contributed by atoms with van der Waals surface area (Å²) in [6.07, 6.45) is 1.08. The molecule has 3 rings (SSSR count). The van der Waals surface area contributed by atoms with Gasteiger partial charge in [0.15, 0.2) is 5.43 Å². The zero-order valence-corrected chi connectivity index (χ0v) is 12.7. The monoisotopic (exact) mass is 308 g/mol. The van der Waals surface area contributed by atoms with E-state index in [0.717, 1.165) is 12.0 Å². The van der Waals surface area contributed by atoms with Gasteiger partial charge in [-0.25, -0.2) is 0 Å². The van der Waals surface area contributed by atoms with E-state index in [1.54, 1.807) is 18.2 Å². The second-order valence-electron chi connectivity index (χ2n) is 5.22. The van der Waals surface area contributed by atoms with Crippen LogP contribution < -0.4 is 10.2 Å². The fourth-order valence-electron chi connectivity index (χ4n) is 2.33. The Morgan fingerprint density at radius 1 is 1.09 bits per heavy atom. The van der Waals surface area contributed by atoms with Crippen molar-refractivity contribution in [3.8, 4) is 17.1 Å². The molecule has 0 radical (unpaired) electrons. The molecule has 0 atom stereocenters. The van der Waals surface area contributed by atoms with Crippen molar-refractivity contribution >= 4 is 16.9 Å². The van der Waals surface area contributed by atoms with Crippen LogP contribution in [0.25, 0.3) is 22.3 Å². The van der Waals surface area contributed by atoms with Gasteiger partial charge >= 0.3 is 5.97 Å². The molecule has 0 amide bonds. The highest BCUT2D eigenvalue weighted by molar-refractivity contribution is 5.81. The summed E-state index contributed by atoms with van der Waals surface area (Å²) in [5, 5.41) is 0.458. The molecule has 3 aromatic rings. The minimum Gasteiger partial charge on any atom is -0.456 e. The normalized spacial score (nSPS) is 10.7. The topological polar surface area (TPSA) is 56.5 Å². The van der Waals surface area contributed by atoms with Crippen molar-refractivity contribution < 1.29 is 13.9 Å². The van der Waals surface area contributed by atoms with Crippen LogP contribution >= 0.6 is 0 Å². The van der Waals surface area contributed by atoms with E-state index in [1.807, 2.05) is 37.3 Å². The van der Waals surface area contributed by atoms with E-state index in [-0.39, 0.29) is 11.4 Å². The SMILES string of the molecule is CCCC(=O)Oc1ccc2c(=O)cc(-c3ccccc3)oc2c1. The van der Waals surface area contributed by atoms with Crippen molar-refractivity contribution in [2.45, 2.75) is 19.8 Å². The average Bonchev–Trinajstić information content (AvgIpc) is 2.55. The highest BCUT2D eigenvalue weighted by atomic mass is 16.5. The Morgan fingerprint density at radius 2 is 1.87 bits per heavy atom. The quantitative estimate of drug-likeness (QED) is 0.536. The van der Waals surface area contributed by atoms with Crippen molar-refractivity contribution in [2.24, 2.45) is 0 Å². The first kappa shape index (κ1) is 15.0. The Bertz CT molecular complexity index is 894. The van der Waals surface area contributed by atoms with Crippen LogP contribution in [0.1, 0.15) is 19.8 Å². The van der Waals surface area contributed by atoms with E-state index in [2.05, 4.69) is 0 Å². The Morgan fingerprint density at radius 3 is 2.61 bits per heavy atom. The van der Waals surface area contributed by atoms with Crippen LogP contribution in [0.4, 0.5) is 0 Å². The summed E-state index contributed by atoms with van der Waals surface area (Å²) in [5.41, 5.74) is 1.09. The molecule has 1 heterocycles. The van der Waals surface area contributed by atoms with Gasteiger partial charge in [0.25, 0.3) is 0 Å². The maximum atomic E-state index is 12.2. The van der Waals surface area contributed by atoms with E-state index < -0.39 is 0 Å². The molecule has 0 bridgehead atoms. The van der Waals surface area contributed by atoms with Gasteiger partial charge in [-0.3, -0.25) is 9.59 Å². The number of ether oxygens (including phenoxy) is 1. The van der Waals surface area contributed by atoms with Gasteiger partial charge in [0.1, 0.15) is 17.1 Å². The molecule has 116 valence electrons. The van der Waals surface area contributed by atoms with Gasteiger partial charge < -0.3 is 9.15 Å². The van der Waals surface area contributed by atoms with Crippen LogP contribution in [-0.4, -0.2) is 5.97 Å². The Balaban J connectivity index is 2.03. The first-order chi connectivity index (χ1) is 11.2. The third-order valence-corrected chi connectivity index (χ3v) is 3.44. The van der Waals surface area contributed by atoms with Crippen LogP contribution in [-0.2, 0) is 4.79 Å². The molecule has 0 spiro atoms. The van der Waals surface area contributed by atoms with Crippen LogP contribution in [0.5, 0.6) is 5.75 Å². The number of carbonyl (C=O) groups excluding carboxylic acids is 1. The maximum absolute atomic E-state index is 12.2. The number of esters is 1. The lowest BCUT2D eigenvalue weighted by Gasteiger charge is -2.06. The second-order valence-corrected chi connectivity index (χ2v) is 5.22. The van der Waals surface area contributed by atoms with Crippen molar-refractivity contribution in [1.82, 2.24) is 0 Å². The highest BCUT2D eigenvalue weighted by Crippen LogP contribution is 2.25.